The highest BCUT2D eigenvalue weighted by molar-refractivity contribution is 5.87. The predicted octanol–water partition coefficient (Wildman–Crippen LogP) is 3.84. The summed E-state index contributed by atoms with van der Waals surface area (Å²) >= 11 is 0. The van der Waals surface area contributed by atoms with Crippen molar-refractivity contribution in [2.75, 3.05) is 0 Å². The number of esters is 1. The van der Waals surface area contributed by atoms with Crippen molar-refractivity contribution in [2.45, 2.75) is 45.8 Å². The summed E-state index contributed by atoms with van der Waals surface area (Å²) in [6, 6.07) is 9.99. The SMILES string of the molecule is CCC#CC(CC)OC(=O)c1cncn1C(C)c1ccccc1. The normalized spacial score (nSPS) is 12.8. The van der Waals surface area contributed by atoms with Gasteiger partial charge in [-0.05, 0) is 18.9 Å². The first-order valence-electron chi connectivity index (χ1n) is 7.93. The second kappa shape index (κ2) is 8.19. The van der Waals surface area contributed by atoms with E-state index >= 15 is 0 Å². The Balaban J connectivity index is 2.18. The number of rotatable bonds is 5. The topological polar surface area (TPSA) is 44.1 Å². The molecular formula is C19H22N2O2. The van der Waals surface area contributed by atoms with Gasteiger partial charge >= 0.3 is 5.97 Å². The van der Waals surface area contributed by atoms with E-state index in [4.69, 9.17) is 4.74 Å². The number of benzene rings is 1. The monoisotopic (exact) mass is 310 g/mol. The molecule has 0 aliphatic heterocycles. The zero-order chi connectivity index (χ0) is 16.7. The molecule has 120 valence electrons. The van der Waals surface area contributed by atoms with Crippen molar-refractivity contribution < 1.29 is 9.53 Å². The van der Waals surface area contributed by atoms with Crippen molar-refractivity contribution in [3.05, 3.63) is 54.1 Å². The lowest BCUT2D eigenvalue weighted by Crippen LogP contribution is -2.20. The lowest BCUT2D eigenvalue weighted by molar-refractivity contribution is 0.0391. The van der Waals surface area contributed by atoms with E-state index < -0.39 is 0 Å². The molecular weight excluding hydrogens is 288 g/mol. The number of ether oxygens (including phenoxy) is 1. The van der Waals surface area contributed by atoms with Crippen molar-refractivity contribution in [3.63, 3.8) is 0 Å². The first-order chi connectivity index (χ1) is 11.2. The number of imidazole rings is 1. The third-order valence-corrected chi connectivity index (χ3v) is 3.63. The van der Waals surface area contributed by atoms with Crippen molar-refractivity contribution in [1.82, 2.24) is 9.55 Å². The maximum Gasteiger partial charge on any atom is 0.357 e. The third-order valence-electron chi connectivity index (χ3n) is 3.63. The molecule has 0 aliphatic rings. The fourth-order valence-electron chi connectivity index (χ4n) is 2.28. The molecule has 4 heteroatoms. The Labute approximate surface area is 137 Å². The molecule has 0 saturated carbocycles. The number of hydrogen-bond donors (Lipinski definition) is 0. The Kier molecular flexibility index (Phi) is 5.99. The zero-order valence-electron chi connectivity index (χ0n) is 13.8. The first kappa shape index (κ1) is 16.8. The lowest BCUT2D eigenvalue weighted by atomic mass is 10.1. The molecule has 0 radical (unpaired) electrons. The number of hydrogen-bond acceptors (Lipinski definition) is 3. The molecule has 23 heavy (non-hydrogen) atoms. The summed E-state index contributed by atoms with van der Waals surface area (Å²) in [5.41, 5.74) is 1.55. The van der Waals surface area contributed by atoms with E-state index in [-0.39, 0.29) is 18.1 Å². The molecule has 1 aromatic heterocycles. The van der Waals surface area contributed by atoms with Crippen LogP contribution in [0.3, 0.4) is 0 Å². The van der Waals surface area contributed by atoms with Crippen LogP contribution in [0, 0.1) is 11.8 Å². The Bertz CT molecular complexity index is 695. The van der Waals surface area contributed by atoms with Gasteiger partial charge < -0.3 is 9.30 Å². The Morgan fingerprint density at radius 1 is 1.30 bits per heavy atom. The van der Waals surface area contributed by atoms with Gasteiger partial charge in [0.2, 0.25) is 0 Å². The van der Waals surface area contributed by atoms with Gasteiger partial charge in [0.25, 0.3) is 0 Å². The quantitative estimate of drug-likeness (QED) is 0.622. The van der Waals surface area contributed by atoms with E-state index in [1.165, 1.54) is 0 Å². The first-order valence-corrected chi connectivity index (χ1v) is 7.93. The van der Waals surface area contributed by atoms with Gasteiger partial charge in [-0.25, -0.2) is 9.78 Å². The molecule has 4 nitrogen and oxygen atoms in total. The molecule has 0 fully saturated rings. The molecule has 1 heterocycles. The van der Waals surface area contributed by atoms with Gasteiger partial charge in [0.1, 0.15) is 5.69 Å². The number of carbonyl (C=O) groups excluding carboxylic acids is 1. The Hall–Kier alpha value is -2.54. The fourth-order valence-corrected chi connectivity index (χ4v) is 2.28. The van der Waals surface area contributed by atoms with Gasteiger partial charge in [-0.1, -0.05) is 56.0 Å². The second-order valence-corrected chi connectivity index (χ2v) is 5.25. The van der Waals surface area contributed by atoms with Gasteiger partial charge in [-0.3, -0.25) is 0 Å². The fraction of sp³-hybridized carbons (Fsp3) is 0.368. The van der Waals surface area contributed by atoms with Crippen LogP contribution in [-0.2, 0) is 4.74 Å². The van der Waals surface area contributed by atoms with Crippen LogP contribution in [0.2, 0.25) is 0 Å². The van der Waals surface area contributed by atoms with E-state index in [0.29, 0.717) is 12.1 Å². The largest absolute Gasteiger partial charge is 0.444 e. The van der Waals surface area contributed by atoms with Crippen LogP contribution in [0.1, 0.15) is 55.7 Å². The summed E-state index contributed by atoms with van der Waals surface area (Å²) in [6.07, 6.45) is 4.24. The lowest BCUT2D eigenvalue weighted by Gasteiger charge is -2.17. The molecule has 0 aliphatic carbocycles. The standard InChI is InChI=1S/C19H22N2O2/c1-4-6-12-17(5-2)23-19(22)18-13-20-14-21(18)15(3)16-10-8-7-9-11-16/h7-11,13-15,17H,4-5H2,1-3H3. The molecule has 0 spiro atoms. The number of nitrogens with zero attached hydrogens (tertiary/aromatic N) is 2. The predicted molar refractivity (Wildman–Crippen MR) is 90.0 cm³/mol. The van der Waals surface area contributed by atoms with Crippen molar-refractivity contribution in [3.8, 4) is 11.8 Å². The molecule has 0 saturated heterocycles. The summed E-state index contributed by atoms with van der Waals surface area (Å²) in [7, 11) is 0. The molecule has 1 aromatic carbocycles. The van der Waals surface area contributed by atoms with E-state index in [0.717, 1.165) is 12.0 Å². The summed E-state index contributed by atoms with van der Waals surface area (Å²) in [5, 5.41) is 0. The average Bonchev–Trinajstić information content (AvgIpc) is 3.08. The molecule has 0 bridgehead atoms. The minimum atomic E-state index is -0.387. The van der Waals surface area contributed by atoms with Crippen molar-refractivity contribution in [2.24, 2.45) is 0 Å². The molecule has 0 N–H and O–H groups in total. The van der Waals surface area contributed by atoms with E-state index in [2.05, 4.69) is 16.8 Å². The van der Waals surface area contributed by atoms with Crippen molar-refractivity contribution >= 4 is 5.97 Å². The highest BCUT2D eigenvalue weighted by atomic mass is 16.5. The van der Waals surface area contributed by atoms with Crippen LogP contribution in [0.15, 0.2) is 42.9 Å². The van der Waals surface area contributed by atoms with Crippen LogP contribution in [0.4, 0.5) is 0 Å². The highest BCUT2D eigenvalue weighted by Gasteiger charge is 2.20. The van der Waals surface area contributed by atoms with Crippen LogP contribution in [-0.4, -0.2) is 21.6 Å². The van der Waals surface area contributed by atoms with Gasteiger partial charge in [0.05, 0.1) is 18.6 Å². The van der Waals surface area contributed by atoms with E-state index in [1.54, 1.807) is 12.5 Å². The number of carbonyl (C=O) groups is 1. The van der Waals surface area contributed by atoms with Gasteiger partial charge in [-0.2, -0.15) is 0 Å². The third kappa shape index (κ3) is 4.23. The van der Waals surface area contributed by atoms with Crippen LogP contribution < -0.4 is 0 Å². The smallest absolute Gasteiger partial charge is 0.357 e. The summed E-state index contributed by atoms with van der Waals surface area (Å²) in [5.74, 6) is 5.55. The van der Waals surface area contributed by atoms with Crippen LogP contribution >= 0.6 is 0 Å². The molecule has 0 amide bonds. The second-order valence-electron chi connectivity index (χ2n) is 5.25. The average molecular weight is 310 g/mol. The molecule has 2 rings (SSSR count). The van der Waals surface area contributed by atoms with Crippen LogP contribution in [0.5, 0.6) is 0 Å². The Morgan fingerprint density at radius 3 is 2.70 bits per heavy atom. The van der Waals surface area contributed by atoms with Crippen LogP contribution in [0.25, 0.3) is 0 Å². The molecule has 2 unspecified atom stereocenters. The summed E-state index contributed by atoms with van der Waals surface area (Å²) in [6.45, 7) is 5.95. The minimum Gasteiger partial charge on any atom is -0.444 e. The van der Waals surface area contributed by atoms with E-state index in [1.807, 2.05) is 55.7 Å². The van der Waals surface area contributed by atoms with Gasteiger partial charge in [-0.15, -0.1) is 0 Å². The zero-order valence-corrected chi connectivity index (χ0v) is 13.8. The number of aromatic nitrogens is 2. The van der Waals surface area contributed by atoms with Gasteiger partial charge in [0.15, 0.2) is 6.10 Å². The molecule has 2 aromatic rings. The summed E-state index contributed by atoms with van der Waals surface area (Å²) in [4.78, 5) is 16.6. The van der Waals surface area contributed by atoms with Gasteiger partial charge in [0, 0.05) is 6.42 Å². The highest BCUT2D eigenvalue weighted by Crippen LogP contribution is 2.20. The maximum atomic E-state index is 12.4. The summed E-state index contributed by atoms with van der Waals surface area (Å²) < 4.78 is 7.33. The maximum absolute atomic E-state index is 12.4. The molecule has 2 atom stereocenters. The minimum absolute atomic E-state index is 0.00283. The Morgan fingerprint density at radius 2 is 2.04 bits per heavy atom. The van der Waals surface area contributed by atoms with Crippen molar-refractivity contribution in [1.29, 1.82) is 0 Å². The van der Waals surface area contributed by atoms with E-state index in [9.17, 15) is 4.79 Å².